The van der Waals surface area contributed by atoms with Crippen LogP contribution < -0.4 is 10.3 Å². The van der Waals surface area contributed by atoms with Crippen molar-refractivity contribution >= 4 is 37.4 Å². The lowest BCUT2D eigenvalue weighted by Gasteiger charge is -2.12. The normalized spacial score (nSPS) is 20.3. The highest BCUT2D eigenvalue weighted by Gasteiger charge is 2.29. The molecular weight excluding hydrogens is 364 g/mol. The van der Waals surface area contributed by atoms with Crippen LogP contribution in [0.25, 0.3) is 0 Å². The molecular formula is C13H17ClN2O5S2. The van der Waals surface area contributed by atoms with E-state index in [1.807, 2.05) is 4.83 Å². The second-order valence-electron chi connectivity index (χ2n) is 5.54. The zero-order chi connectivity index (χ0) is 17.3. The number of sulfone groups is 1. The van der Waals surface area contributed by atoms with Gasteiger partial charge in [-0.05, 0) is 37.0 Å². The molecule has 1 aromatic carbocycles. The fourth-order valence-electron chi connectivity index (χ4n) is 2.39. The number of carbonyl (C=O) groups excluding carboxylic acids is 1. The van der Waals surface area contributed by atoms with E-state index in [0.29, 0.717) is 12.0 Å². The molecule has 2 rings (SSSR count). The maximum Gasteiger partial charge on any atom is 0.257 e. The molecule has 1 amide bonds. The number of sulfonamides is 1. The Balaban J connectivity index is 1.97. The molecule has 2 N–H and O–H groups in total. The summed E-state index contributed by atoms with van der Waals surface area (Å²) in [5.41, 5.74) is 2.59. The molecule has 0 saturated carbocycles. The lowest BCUT2D eigenvalue weighted by Crippen LogP contribution is -2.42. The molecule has 128 valence electrons. The average molecular weight is 381 g/mol. The summed E-state index contributed by atoms with van der Waals surface area (Å²) in [7, 11) is -7.02. The Morgan fingerprint density at radius 1 is 1.39 bits per heavy atom. The molecule has 1 heterocycles. The molecule has 23 heavy (non-hydrogen) atoms. The predicted octanol–water partition coefficient (Wildman–Crippen LogP) is 0.783. The van der Waals surface area contributed by atoms with Gasteiger partial charge in [0.2, 0.25) is 5.91 Å². The number of hydrogen-bond acceptors (Lipinski definition) is 5. The summed E-state index contributed by atoms with van der Waals surface area (Å²) < 4.78 is 47.0. The third-order valence-electron chi connectivity index (χ3n) is 3.57. The Kier molecular flexibility index (Phi) is 5.34. The van der Waals surface area contributed by atoms with Gasteiger partial charge in [0.1, 0.15) is 0 Å². The largest absolute Gasteiger partial charge is 0.278 e. The number of hydrazine groups is 1. The van der Waals surface area contributed by atoms with Crippen LogP contribution in [0.3, 0.4) is 0 Å². The van der Waals surface area contributed by atoms with E-state index in [1.165, 1.54) is 6.07 Å². The minimum Gasteiger partial charge on any atom is -0.278 e. The summed E-state index contributed by atoms with van der Waals surface area (Å²) in [6.45, 7) is 1.61. The third-order valence-corrected chi connectivity index (χ3v) is 7.03. The number of benzene rings is 1. The maximum atomic E-state index is 12.2. The Bertz CT molecular complexity index is 821. The van der Waals surface area contributed by atoms with Crippen LogP contribution in [0.1, 0.15) is 18.4 Å². The summed E-state index contributed by atoms with van der Waals surface area (Å²) in [6, 6.07) is 4.41. The zero-order valence-electron chi connectivity index (χ0n) is 12.4. The van der Waals surface area contributed by atoms with Gasteiger partial charge >= 0.3 is 0 Å². The molecule has 0 aromatic heterocycles. The minimum atomic E-state index is -3.95. The summed E-state index contributed by atoms with van der Waals surface area (Å²) in [5, 5.41) is 0.262. The van der Waals surface area contributed by atoms with Crippen LogP contribution in [0.4, 0.5) is 0 Å². The van der Waals surface area contributed by atoms with Crippen molar-refractivity contribution in [1.82, 2.24) is 10.3 Å². The van der Waals surface area contributed by atoms with Gasteiger partial charge in [0, 0.05) is 11.4 Å². The first kappa shape index (κ1) is 18.2. The molecule has 0 spiro atoms. The van der Waals surface area contributed by atoms with Crippen LogP contribution in [-0.4, -0.2) is 34.2 Å². The fraction of sp³-hybridized carbons (Fsp3) is 0.462. The molecule has 10 heteroatoms. The molecule has 1 saturated heterocycles. The number of halogens is 1. The first-order valence-electron chi connectivity index (χ1n) is 6.86. The molecule has 1 aliphatic heterocycles. The molecule has 1 fully saturated rings. The highest BCUT2D eigenvalue weighted by atomic mass is 35.5. The van der Waals surface area contributed by atoms with Gasteiger partial charge in [-0.25, -0.2) is 16.8 Å². The molecule has 0 aliphatic carbocycles. The van der Waals surface area contributed by atoms with Gasteiger partial charge in [-0.15, -0.1) is 4.83 Å². The van der Waals surface area contributed by atoms with Crippen molar-refractivity contribution < 1.29 is 21.6 Å². The van der Waals surface area contributed by atoms with Crippen LogP contribution in [0.15, 0.2) is 23.1 Å². The maximum absolute atomic E-state index is 12.2. The summed E-state index contributed by atoms with van der Waals surface area (Å²) in [5.74, 6) is -0.827. The van der Waals surface area contributed by atoms with Crippen molar-refractivity contribution in [3.63, 3.8) is 0 Å². The number of amides is 1. The van der Waals surface area contributed by atoms with Crippen LogP contribution in [0.2, 0.25) is 5.02 Å². The Labute approximate surface area is 140 Å². The fourth-order valence-corrected chi connectivity index (χ4v) is 5.62. The smallest absolute Gasteiger partial charge is 0.257 e. The number of hydrogen-bond donors (Lipinski definition) is 2. The van der Waals surface area contributed by atoms with Crippen molar-refractivity contribution in [2.75, 3.05) is 11.5 Å². The average Bonchev–Trinajstić information content (AvgIpc) is 2.78. The van der Waals surface area contributed by atoms with E-state index in [4.69, 9.17) is 11.6 Å². The molecule has 1 aliphatic rings. The van der Waals surface area contributed by atoms with Gasteiger partial charge in [0.25, 0.3) is 10.0 Å². The number of rotatable bonds is 5. The van der Waals surface area contributed by atoms with Crippen LogP contribution in [0, 0.1) is 12.8 Å². The Morgan fingerprint density at radius 3 is 2.70 bits per heavy atom. The quantitative estimate of drug-likeness (QED) is 0.733. The Hall–Kier alpha value is -1.16. The third kappa shape index (κ3) is 4.90. The van der Waals surface area contributed by atoms with Crippen LogP contribution in [0.5, 0.6) is 0 Å². The topological polar surface area (TPSA) is 109 Å². The summed E-state index contributed by atoms with van der Waals surface area (Å²) in [6.07, 6.45) is 0.367. The lowest BCUT2D eigenvalue weighted by atomic mass is 10.1. The SMILES string of the molecule is Cc1ccc(Cl)cc1S(=O)(=O)NNC(=O)C[C@@H]1CCS(=O)(=O)C1. The van der Waals surface area contributed by atoms with Crippen molar-refractivity contribution in [3.05, 3.63) is 28.8 Å². The van der Waals surface area contributed by atoms with Gasteiger partial charge in [-0.1, -0.05) is 17.7 Å². The van der Waals surface area contributed by atoms with E-state index >= 15 is 0 Å². The highest BCUT2D eigenvalue weighted by molar-refractivity contribution is 7.91. The van der Waals surface area contributed by atoms with Crippen molar-refractivity contribution in [3.8, 4) is 0 Å². The van der Waals surface area contributed by atoms with Crippen molar-refractivity contribution in [2.24, 2.45) is 5.92 Å². The molecule has 0 bridgehead atoms. The van der Waals surface area contributed by atoms with Crippen molar-refractivity contribution in [1.29, 1.82) is 0 Å². The molecule has 1 aromatic rings. The van der Waals surface area contributed by atoms with E-state index in [1.54, 1.807) is 19.1 Å². The molecule has 0 unspecified atom stereocenters. The van der Waals surface area contributed by atoms with E-state index in [9.17, 15) is 21.6 Å². The second kappa shape index (κ2) is 6.76. The number of carbonyl (C=O) groups is 1. The lowest BCUT2D eigenvalue weighted by molar-refractivity contribution is -0.122. The predicted molar refractivity (Wildman–Crippen MR) is 86.0 cm³/mol. The molecule has 7 nitrogen and oxygen atoms in total. The van der Waals surface area contributed by atoms with Gasteiger partial charge in [-0.3, -0.25) is 10.2 Å². The van der Waals surface area contributed by atoms with E-state index in [2.05, 4.69) is 5.43 Å². The molecule has 1 atom stereocenters. The summed E-state index contributed by atoms with van der Waals surface area (Å²) >= 11 is 5.79. The Morgan fingerprint density at radius 2 is 2.09 bits per heavy atom. The highest BCUT2D eigenvalue weighted by Crippen LogP contribution is 2.22. The van der Waals surface area contributed by atoms with E-state index < -0.39 is 25.8 Å². The monoisotopic (exact) mass is 380 g/mol. The van der Waals surface area contributed by atoms with E-state index in [-0.39, 0.29) is 33.8 Å². The first-order chi connectivity index (χ1) is 10.6. The van der Waals surface area contributed by atoms with Crippen LogP contribution >= 0.6 is 11.6 Å². The summed E-state index contributed by atoms with van der Waals surface area (Å²) in [4.78, 5) is 13.7. The van der Waals surface area contributed by atoms with Gasteiger partial charge < -0.3 is 0 Å². The van der Waals surface area contributed by atoms with Gasteiger partial charge in [0.05, 0.1) is 16.4 Å². The molecule has 0 radical (unpaired) electrons. The van der Waals surface area contributed by atoms with Crippen molar-refractivity contribution in [2.45, 2.75) is 24.7 Å². The van der Waals surface area contributed by atoms with Gasteiger partial charge in [0.15, 0.2) is 9.84 Å². The number of aryl methyl sites for hydroxylation is 1. The first-order valence-corrected chi connectivity index (χ1v) is 10.5. The second-order valence-corrected chi connectivity index (χ2v) is 9.85. The van der Waals surface area contributed by atoms with E-state index in [0.717, 1.165) is 0 Å². The van der Waals surface area contributed by atoms with Gasteiger partial charge in [-0.2, -0.15) is 0 Å². The minimum absolute atomic E-state index is 0.0336. The standard InChI is InChI=1S/C13H17ClN2O5S2/c1-9-2-3-11(14)7-12(9)23(20,21)16-15-13(17)6-10-4-5-22(18,19)8-10/h2-3,7,10,16H,4-6,8H2,1H3,(H,15,17)/t10-/m0/s1. The number of nitrogens with one attached hydrogen (secondary N) is 2. The zero-order valence-corrected chi connectivity index (χ0v) is 14.8. The van der Waals surface area contributed by atoms with Crippen LogP contribution in [-0.2, 0) is 24.7 Å².